The van der Waals surface area contributed by atoms with Crippen LogP contribution in [0, 0.1) is 16.7 Å². The van der Waals surface area contributed by atoms with Gasteiger partial charge in [0.05, 0.1) is 17.9 Å². The number of nitrogens with two attached hydrogens (primary N) is 1. The summed E-state index contributed by atoms with van der Waals surface area (Å²) in [4.78, 5) is 26.9. The van der Waals surface area contributed by atoms with Gasteiger partial charge in [0.1, 0.15) is 0 Å². The molecule has 0 bridgehead atoms. The Kier molecular flexibility index (Phi) is 7.40. The maximum atomic E-state index is 13.1. The van der Waals surface area contributed by atoms with Crippen molar-refractivity contribution in [3.63, 3.8) is 0 Å². The second kappa shape index (κ2) is 8.95. The standard InChI is InChI=1S/C23H39N3O3S/c1-8-9-10-15-14-26(21(2,3)4)30-18(15)16-13-23(7,20(29)25-11-12-27)22(5,6)17(16)19(24)28/h14,17,27H,8-13H2,1-7H3,(H2,24,28)(H,25,29)/b18-16-. The Balaban J connectivity index is 2.59. The molecule has 0 aromatic rings. The highest BCUT2D eigenvalue weighted by Gasteiger charge is 2.60. The molecule has 2 unspecified atom stereocenters. The highest BCUT2D eigenvalue weighted by atomic mass is 32.2. The predicted octanol–water partition coefficient (Wildman–Crippen LogP) is 3.72. The van der Waals surface area contributed by atoms with Crippen LogP contribution >= 0.6 is 11.9 Å². The van der Waals surface area contributed by atoms with Crippen LogP contribution in [0.15, 0.2) is 22.3 Å². The molecule has 1 aliphatic heterocycles. The number of nitrogens with one attached hydrogen (secondary N) is 1. The molecule has 0 aromatic heterocycles. The molecule has 0 spiro atoms. The van der Waals surface area contributed by atoms with Crippen molar-refractivity contribution in [2.24, 2.45) is 22.5 Å². The minimum atomic E-state index is -0.796. The maximum Gasteiger partial charge on any atom is 0.226 e. The van der Waals surface area contributed by atoms with Crippen molar-refractivity contribution in [3.05, 3.63) is 22.3 Å². The van der Waals surface area contributed by atoms with Gasteiger partial charge in [-0.05, 0) is 75.5 Å². The van der Waals surface area contributed by atoms with E-state index in [1.54, 1.807) is 11.9 Å². The van der Waals surface area contributed by atoms with E-state index < -0.39 is 16.7 Å². The SMILES string of the molecule is CCCCC1=CN(C(C)(C)C)S/C1=C1/CC(C)(C(=O)NCCO)C(C)(C)C1C(N)=O. The van der Waals surface area contributed by atoms with Crippen molar-refractivity contribution in [1.82, 2.24) is 9.62 Å². The number of aliphatic hydroxyl groups excluding tert-OH is 1. The molecule has 1 heterocycles. The first kappa shape index (κ1) is 24.8. The Labute approximate surface area is 185 Å². The van der Waals surface area contributed by atoms with Gasteiger partial charge in [0, 0.05) is 23.2 Å². The average molecular weight is 438 g/mol. The van der Waals surface area contributed by atoms with Crippen LogP contribution in [-0.2, 0) is 9.59 Å². The number of amides is 2. The van der Waals surface area contributed by atoms with Crippen LogP contribution in [0.5, 0.6) is 0 Å². The van der Waals surface area contributed by atoms with Crippen molar-refractivity contribution in [1.29, 1.82) is 0 Å². The third-order valence-corrected chi connectivity index (χ3v) is 8.28. The number of nitrogens with zero attached hydrogens (tertiary/aromatic N) is 1. The molecule has 170 valence electrons. The molecule has 1 fully saturated rings. The van der Waals surface area contributed by atoms with Crippen LogP contribution in [0.25, 0.3) is 0 Å². The topological polar surface area (TPSA) is 95.7 Å². The van der Waals surface area contributed by atoms with E-state index in [-0.39, 0.29) is 30.5 Å². The largest absolute Gasteiger partial charge is 0.395 e. The summed E-state index contributed by atoms with van der Waals surface area (Å²) < 4.78 is 2.24. The molecule has 6 nitrogen and oxygen atoms in total. The summed E-state index contributed by atoms with van der Waals surface area (Å²) in [5.41, 5.74) is 6.63. The lowest BCUT2D eigenvalue weighted by Gasteiger charge is -2.39. The van der Waals surface area contributed by atoms with Crippen LogP contribution in [0.1, 0.15) is 74.1 Å². The zero-order valence-electron chi connectivity index (χ0n) is 19.6. The Hall–Kier alpha value is -1.47. The molecule has 1 saturated carbocycles. The van der Waals surface area contributed by atoms with Gasteiger partial charge < -0.3 is 20.5 Å². The van der Waals surface area contributed by atoms with Crippen molar-refractivity contribution < 1.29 is 14.7 Å². The number of hydrogen-bond acceptors (Lipinski definition) is 5. The van der Waals surface area contributed by atoms with Gasteiger partial charge in [0.2, 0.25) is 11.8 Å². The molecule has 4 N–H and O–H groups in total. The quantitative estimate of drug-likeness (QED) is 0.528. The molecule has 2 atom stereocenters. The zero-order valence-corrected chi connectivity index (χ0v) is 20.4. The Bertz CT molecular complexity index is 751. The molecule has 1 aliphatic carbocycles. The number of carbonyl (C=O) groups excluding carboxylic acids is 2. The number of primary amides is 1. The first-order valence-corrected chi connectivity index (χ1v) is 11.7. The average Bonchev–Trinajstić information content (AvgIpc) is 3.15. The van der Waals surface area contributed by atoms with E-state index in [4.69, 9.17) is 10.8 Å². The lowest BCUT2D eigenvalue weighted by Crippen LogP contribution is -2.49. The summed E-state index contributed by atoms with van der Waals surface area (Å²) in [7, 11) is 0. The molecule has 2 amide bonds. The van der Waals surface area contributed by atoms with Gasteiger partial charge in [-0.2, -0.15) is 0 Å². The number of hydrogen-bond donors (Lipinski definition) is 3. The zero-order chi connectivity index (χ0) is 22.9. The maximum absolute atomic E-state index is 13.1. The fourth-order valence-electron chi connectivity index (χ4n) is 4.47. The third-order valence-electron chi connectivity index (χ3n) is 6.73. The number of aliphatic hydroxyl groups is 1. The molecule has 0 aromatic carbocycles. The van der Waals surface area contributed by atoms with Crippen LogP contribution in [-0.4, -0.2) is 39.9 Å². The highest BCUT2D eigenvalue weighted by molar-refractivity contribution is 8.01. The van der Waals surface area contributed by atoms with Gasteiger partial charge in [0.15, 0.2) is 0 Å². The van der Waals surface area contributed by atoms with Crippen LogP contribution < -0.4 is 11.1 Å². The van der Waals surface area contributed by atoms with Gasteiger partial charge in [-0.15, -0.1) is 0 Å². The second-order valence-electron chi connectivity index (χ2n) is 10.2. The van der Waals surface area contributed by atoms with E-state index >= 15 is 0 Å². The number of carbonyl (C=O) groups is 2. The van der Waals surface area contributed by atoms with Crippen molar-refractivity contribution in [2.75, 3.05) is 13.2 Å². The summed E-state index contributed by atoms with van der Waals surface area (Å²) in [6.45, 7) is 14.6. The van der Waals surface area contributed by atoms with E-state index in [2.05, 4.69) is 43.5 Å². The van der Waals surface area contributed by atoms with Crippen LogP contribution in [0.4, 0.5) is 0 Å². The molecule has 0 saturated heterocycles. The molecular formula is C23H39N3O3S. The Morgan fingerprint density at radius 2 is 1.97 bits per heavy atom. The summed E-state index contributed by atoms with van der Waals surface area (Å²) in [5, 5.41) is 12.0. The van der Waals surface area contributed by atoms with Crippen molar-refractivity contribution in [3.8, 4) is 0 Å². The third kappa shape index (κ3) is 4.42. The van der Waals surface area contributed by atoms with E-state index in [1.165, 1.54) is 5.57 Å². The lowest BCUT2D eigenvalue weighted by molar-refractivity contribution is -0.138. The van der Waals surface area contributed by atoms with Gasteiger partial charge in [-0.3, -0.25) is 9.59 Å². The van der Waals surface area contributed by atoms with Gasteiger partial charge in [0.25, 0.3) is 0 Å². The fourth-order valence-corrected chi connectivity index (χ4v) is 5.70. The predicted molar refractivity (Wildman–Crippen MR) is 123 cm³/mol. The smallest absolute Gasteiger partial charge is 0.226 e. The summed E-state index contributed by atoms with van der Waals surface area (Å²) in [5.74, 6) is -1.04. The first-order chi connectivity index (χ1) is 13.8. The minimum Gasteiger partial charge on any atom is -0.395 e. The van der Waals surface area contributed by atoms with Crippen molar-refractivity contribution >= 4 is 23.8 Å². The van der Waals surface area contributed by atoms with E-state index in [0.717, 1.165) is 29.7 Å². The Morgan fingerprint density at radius 3 is 2.47 bits per heavy atom. The summed E-state index contributed by atoms with van der Waals surface area (Å²) in [6, 6.07) is 0. The van der Waals surface area contributed by atoms with E-state index in [1.807, 2.05) is 20.8 Å². The number of unbranched alkanes of at least 4 members (excludes halogenated alkanes) is 1. The van der Waals surface area contributed by atoms with Gasteiger partial charge in [-0.1, -0.05) is 27.2 Å². The van der Waals surface area contributed by atoms with E-state index in [0.29, 0.717) is 6.42 Å². The Morgan fingerprint density at radius 1 is 1.33 bits per heavy atom. The van der Waals surface area contributed by atoms with Crippen LogP contribution in [0.2, 0.25) is 0 Å². The second-order valence-corrected chi connectivity index (χ2v) is 11.2. The summed E-state index contributed by atoms with van der Waals surface area (Å²) in [6.07, 6.45) is 5.78. The highest BCUT2D eigenvalue weighted by Crippen LogP contribution is 2.61. The minimum absolute atomic E-state index is 0.0669. The van der Waals surface area contributed by atoms with E-state index in [9.17, 15) is 9.59 Å². The normalized spacial score (nSPS) is 28.6. The summed E-state index contributed by atoms with van der Waals surface area (Å²) >= 11 is 1.67. The lowest BCUT2D eigenvalue weighted by atomic mass is 9.65. The van der Waals surface area contributed by atoms with Gasteiger partial charge >= 0.3 is 0 Å². The molecule has 2 rings (SSSR count). The first-order valence-electron chi connectivity index (χ1n) is 10.9. The molecule has 7 heteroatoms. The molecule has 30 heavy (non-hydrogen) atoms. The molecule has 0 radical (unpaired) electrons. The number of rotatable bonds is 7. The molecule has 2 aliphatic rings. The van der Waals surface area contributed by atoms with Gasteiger partial charge in [-0.25, -0.2) is 0 Å². The monoisotopic (exact) mass is 437 g/mol. The number of allylic oxidation sites excluding steroid dienone is 1. The fraction of sp³-hybridized carbons (Fsp3) is 0.739. The van der Waals surface area contributed by atoms with Crippen LogP contribution in [0.3, 0.4) is 0 Å². The molecular weight excluding hydrogens is 398 g/mol. The van der Waals surface area contributed by atoms with Crippen molar-refractivity contribution in [2.45, 2.75) is 79.7 Å².